The Bertz CT molecular complexity index is 844. The number of benzene rings is 1. The molecule has 25 heavy (non-hydrogen) atoms. The van der Waals surface area contributed by atoms with Gasteiger partial charge in [-0.25, -0.2) is 0 Å². The van der Waals surface area contributed by atoms with E-state index in [4.69, 9.17) is 4.98 Å². The predicted octanol–water partition coefficient (Wildman–Crippen LogP) is 3.30. The zero-order chi connectivity index (χ0) is 17.6. The molecule has 2 aromatic rings. The highest BCUT2D eigenvalue weighted by atomic mass is 16.4. The van der Waals surface area contributed by atoms with Crippen LogP contribution in [0.15, 0.2) is 30.3 Å². The van der Waals surface area contributed by atoms with Crippen LogP contribution in [0.5, 0.6) is 0 Å². The molecule has 4 rings (SSSR count). The number of amides is 1. The molecular weight excluding hydrogens is 316 g/mol. The topological polar surface area (TPSA) is 70.5 Å². The van der Waals surface area contributed by atoms with Gasteiger partial charge in [-0.15, -0.1) is 0 Å². The van der Waals surface area contributed by atoms with Crippen LogP contribution in [0.25, 0.3) is 10.9 Å². The molecule has 2 fully saturated rings. The first-order valence-electron chi connectivity index (χ1n) is 8.94. The van der Waals surface area contributed by atoms with Crippen LogP contribution < -0.4 is 0 Å². The number of para-hydroxylation sites is 1. The Balaban J connectivity index is 1.72. The highest BCUT2D eigenvalue weighted by molar-refractivity contribution is 6.06. The number of carboxylic acids is 1. The second-order valence-corrected chi connectivity index (χ2v) is 7.47. The Morgan fingerprint density at radius 1 is 1.20 bits per heavy atom. The molecule has 1 aliphatic carbocycles. The number of piperidine rings is 1. The van der Waals surface area contributed by atoms with E-state index in [0.717, 1.165) is 29.4 Å². The number of hydrogen-bond acceptors (Lipinski definition) is 3. The van der Waals surface area contributed by atoms with E-state index in [1.165, 1.54) is 0 Å². The molecule has 0 spiro atoms. The fourth-order valence-electron chi connectivity index (χ4n) is 3.83. The lowest BCUT2D eigenvalue weighted by molar-refractivity contribution is -0.143. The molecule has 1 saturated carbocycles. The second-order valence-electron chi connectivity index (χ2n) is 7.47. The lowest BCUT2D eigenvalue weighted by atomic mass is 9.90. The van der Waals surface area contributed by atoms with Crippen LogP contribution in [0.1, 0.15) is 48.2 Å². The number of likely N-dealkylation sites (tertiary alicyclic amines) is 1. The minimum Gasteiger partial charge on any atom is -0.481 e. The predicted molar refractivity (Wildman–Crippen MR) is 94.5 cm³/mol. The van der Waals surface area contributed by atoms with E-state index < -0.39 is 11.9 Å². The average molecular weight is 338 g/mol. The number of carboxylic acid groups (broad SMARTS) is 1. The fraction of sp³-hybridized carbons (Fsp3) is 0.450. The molecule has 2 aliphatic rings. The number of carbonyl (C=O) groups is 2. The summed E-state index contributed by atoms with van der Waals surface area (Å²) in [5.41, 5.74) is 2.49. The molecule has 1 aromatic heterocycles. The van der Waals surface area contributed by atoms with E-state index in [-0.39, 0.29) is 18.4 Å². The van der Waals surface area contributed by atoms with Crippen molar-refractivity contribution in [2.75, 3.05) is 13.1 Å². The van der Waals surface area contributed by atoms with Gasteiger partial charge in [-0.2, -0.15) is 0 Å². The number of aromatic nitrogens is 1. The summed E-state index contributed by atoms with van der Waals surface area (Å²) in [6, 6.07) is 9.64. The van der Waals surface area contributed by atoms with Crippen LogP contribution >= 0.6 is 0 Å². The first-order valence-corrected chi connectivity index (χ1v) is 8.94. The molecule has 0 radical (unpaired) electrons. The summed E-state index contributed by atoms with van der Waals surface area (Å²) in [4.78, 5) is 31.1. The van der Waals surface area contributed by atoms with Crippen molar-refractivity contribution in [3.8, 4) is 0 Å². The maximum atomic E-state index is 13.2. The van der Waals surface area contributed by atoms with E-state index in [1.54, 1.807) is 4.90 Å². The molecule has 0 bridgehead atoms. The highest BCUT2D eigenvalue weighted by Gasteiger charge is 2.33. The summed E-state index contributed by atoms with van der Waals surface area (Å²) < 4.78 is 0. The molecule has 130 valence electrons. The van der Waals surface area contributed by atoms with Crippen molar-refractivity contribution in [1.82, 2.24) is 9.88 Å². The summed E-state index contributed by atoms with van der Waals surface area (Å²) in [6.45, 7) is 2.90. The summed E-state index contributed by atoms with van der Waals surface area (Å²) in [7, 11) is 0. The van der Waals surface area contributed by atoms with E-state index >= 15 is 0 Å². The molecule has 5 nitrogen and oxygen atoms in total. The number of hydrogen-bond donors (Lipinski definition) is 1. The van der Waals surface area contributed by atoms with E-state index in [2.05, 4.69) is 0 Å². The van der Waals surface area contributed by atoms with E-state index in [1.807, 2.05) is 37.3 Å². The van der Waals surface area contributed by atoms with Crippen molar-refractivity contribution in [2.45, 2.75) is 32.1 Å². The van der Waals surface area contributed by atoms with Gasteiger partial charge in [-0.05, 0) is 37.3 Å². The first-order chi connectivity index (χ1) is 12.0. The SMILES string of the molecule is CC1CC(C(=O)O)CN(C(=O)c2cc(C3CC3)nc3ccccc23)C1. The number of fused-ring (bicyclic) bond motifs is 1. The van der Waals surface area contributed by atoms with Crippen molar-refractivity contribution in [1.29, 1.82) is 0 Å². The van der Waals surface area contributed by atoms with Crippen molar-refractivity contribution in [3.05, 3.63) is 41.6 Å². The van der Waals surface area contributed by atoms with Crippen molar-refractivity contribution in [3.63, 3.8) is 0 Å². The van der Waals surface area contributed by atoms with Crippen LogP contribution in [0.2, 0.25) is 0 Å². The van der Waals surface area contributed by atoms with Crippen molar-refractivity contribution >= 4 is 22.8 Å². The third kappa shape index (κ3) is 3.11. The number of aliphatic carboxylic acids is 1. The van der Waals surface area contributed by atoms with Crippen molar-refractivity contribution < 1.29 is 14.7 Å². The fourth-order valence-corrected chi connectivity index (χ4v) is 3.83. The maximum Gasteiger partial charge on any atom is 0.308 e. The Kier molecular flexibility index (Phi) is 3.94. The van der Waals surface area contributed by atoms with Gasteiger partial charge in [0, 0.05) is 30.1 Å². The molecule has 2 atom stereocenters. The van der Waals surface area contributed by atoms with Crippen LogP contribution in [0.3, 0.4) is 0 Å². The summed E-state index contributed by atoms with van der Waals surface area (Å²) in [5.74, 6) is -0.720. The molecule has 1 saturated heterocycles. The summed E-state index contributed by atoms with van der Waals surface area (Å²) in [5, 5.41) is 10.2. The third-order valence-corrected chi connectivity index (χ3v) is 5.26. The molecular formula is C20H22N2O3. The van der Waals surface area contributed by atoms with Crippen LogP contribution in [-0.4, -0.2) is 40.0 Å². The Hall–Kier alpha value is -2.43. The second kappa shape index (κ2) is 6.14. The van der Waals surface area contributed by atoms with Gasteiger partial charge in [-0.3, -0.25) is 14.6 Å². The first kappa shape index (κ1) is 16.1. The average Bonchev–Trinajstić information content (AvgIpc) is 3.44. The van der Waals surface area contributed by atoms with Gasteiger partial charge < -0.3 is 10.0 Å². The van der Waals surface area contributed by atoms with Crippen LogP contribution in [0.4, 0.5) is 0 Å². The Morgan fingerprint density at radius 3 is 2.68 bits per heavy atom. The van der Waals surface area contributed by atoms with Gasteiger partial charge in [0.05, 0.1) is 17.0 Å². The van der Waals surface area contributed by atoms with Crippen LogP contribution in [0, 0.1) is 11.8 Å². The molecule has 1 aliphatic heterocycles. The zero-order valence-electron chi connectivity index (χ0n) is 14.3. The van der Waals surface area contributed by atoms with Gasteiger partial charge in [0.2, 0.25) is 0 Å². The molecule has 1 amide bonds. The van der Waals surface area contributed by atoms with E-state index in [0.29, 0.717) is 24.4 Å². The van der Waals surface area contributed by atoms with Crippen LogP contribution in [-0.2, 0) is 4.79 Å². The van der Waals surface area contributed by atoms with Gasteiger partial charge in [0.1, 0.15) is 0 Å². The van der Waals surface area contributed by atoms with Gasteiger partial charge in [0.25, 0.3) is 5.91 Å². The highest BCUT2D eigenvalue weighted by Crippen LogP contribution is 2.40. The lowest BCUT2D eigenvalue weighted by Crippen LogP contribution is -2.45. The minimum atomic E-state index is -0.817. The van der Waals surface area contributed by atoms with Gasteiger partial charge in [-0.1, -0.05) is 25.1 Å². The monoisotopic (exact) mass is 338 g/mol. The summed E-state index contributed by atoms with van der Waals surface area (Å²) >= 11 is 0. The summed E-state index contributed by atoms with van der Waals surface area (Å²) in [6.07, 6.45) is 2.88. The number of nitrogens with zero attached hydrogens (tertiary/aromatic N) is 2. The third-order valence-electron chi connectivity index (χ3n) is 5.26. The molecule has 1 N–H and O–H groups in total. The molecule has 1 aromatic carbocycles. The maximum absolute atomic E-state index is 13.2. The zero-order valence-corrected chi connectivity index (χ0v) is 14.3. The van der Waals surface area contributed by atoms with Gasteiger partial charge >= 0.3 is 5.97 Å². The quantitative estimate of drug-likeness (QED) is 0.932. The van der Waals surface area contributed by atoms with E-state index in [9.17, 15) is 14.7 Å². The Labute approximate surface area is 146 Å². The van der Waals surface area contributed by atoms with Crippen molar-refractivity contribution in [2.24, 2.45) is 11.8 Å². The molecule has 2 heterocycles. The number of pyridine rings is 1. The lowest BCUT2D eigenvalue weighted by Gasteiger charge is -2.35. The Morgan fingerprint density at radius 2 is 1.96 bits per heavy atom. The van der Waals surface area contributed by atoms with Gasteiger partial charge in [0.15, 0.2) is 0 Å². The number of carbonyl (C=O) groups excluding carboxylic acids is 1. The largest absolute Gasteiger partial charge is 0.481 e. The minimum absolute atomic E-state index is 0.0710. The normalized spacial score (nSPS) is 23.6. The molecule has 5 heteroatoms. The standard InChI is InChI=1S/C20H22N2O3/c1-12-8-14(20(24)25)11-22(10-12)19(23)16-9-18(13-6-7-13)21-17-5-3-2-4-15(16)17/h2-5,9,12-14H,6-8,10-11H2,1H3,(H,24,25). The molecule has 2 unspecified atom stereocenters. The number of rotatable bonds is 3. The smallest absolute Gasteiger partial charge is 0.308 e.